The highest BCUT2D eigenvalue weighted by molar-refractivity contribution is 7.98. The second kappa shape index (κ2) is 10.5. The van der Waals surface area contributed by atoms with Gasteiger partial charge in [0.15, 0.2) is 0 Å². The van der Waals surface area contributed by atoms with Gasteiger partial charge in [-0.25, -0.2) is 0 Å². The van der Waals surface area contributed by atoms with Crippen molar-refractivity contribution in [2.45, 2.75) is 4.90 Å². The maximum atomic E-state index is 5.40. The number of nitrogens with two attached hydrogens (primary N) is 1. The van der Waals surface area contributed by atoms with Crippen LogP contribution in [0.2, 0.25) is 0 Å². The van der Waals surface area contributed by atoms with E-state index < -0.39 is 0 Å². The highest BCUT2D eigenvalue weighted by Crippen LogP contribution is 2.31. The third-order valence-electron chi connectivity index (χ3n) is 3.54. The Morgan fingerprint density at radius 3 is 2.62 bits per heavy atom. The molecule has 0 aliphatic heterocycles. The molecule has 0 fully saturated rings. The van der Waals surface area contributed by atoms with Crippen LogP contribution in [0.1, 0.15) is 5.69 Å². The van der Waals surface area contributed by atoms with Crippen molar-refractivity contribution >= 4 is 52.6 Å². The number of nitrogens with zero attached hydrogens (tertiary/aromatic N) is 2. The fourth-order valence-corrected chi connectivity index (χ4v) is 3.11. The smallest absolute Gasteiger partial charge is 0.0783 e. The van der Waals surface area contributed by atoms with Crippen molar-refractivity contribution in [1.29, 1.82) is 0 Å². The summed E-state index contributed by atoms with van der Waals surface area (Å²) in [5, 5.41) is 6.45. The summed E-state index contributed by atoms with van der Waals surface area (Å²) in [6, 6.07) is 9.96. The van der Waals surface area contributed by atoms with Gasteiger partial charge in [0.2, 0.25) is 0 Å². The average Bonchev–Trinajstić information content (AvgIpc) is 2.64. The maximum Gasteiger partial charge on any atom is 0.0783 e. The van der Waals surface area contributed by atoms with E-state index in [4.69, 9.17) is 18.0 Å². The maximum absolute atomic E-state index is 5.40. The first-order chi connectivity index (χ1) is 12.7. The summed E-state index contributed by atoms with van der Waals surface area (Å²) in [6.45, 7) is 0.759. The standard InChI is InChI=1S/C19H23N5S2/c1-24(13-10-20)12-3-4-17-19(26-2)18(9-11-21-17)23-16-7-5-15(6-8-16)22-14-25/h3-11,13-14H,12,20H2,1-2H3,(H,21,23)(H,22,25)/b4-3+,13-10-. The van der Waals surface area contributed by atoms with Crippen molar-refractivity contribution in [3.8, 4) is 0 Å². The summed E-state index contributed by atoms with van der Waals surface area (Å²) >= 11 is 6.47. The average molecular weight is 386 g/mol. The Balaban J connectivity index is 2.16. The van der Waals surface area contributed by atoms with E-state index in [0.29, 0.717) is 0 Å². The molecule has 136 valence electrons. The lowest BCUT2D eigenvalue weighted by molar-refractivity contribution is 0.509. The Bertz CT molecular complexity index is 772. The van der Waals surface area contributed by atoms with Crippen LogP contribution in [0.4, 0.5) is 17.1 Å². The van der Waals surface area contributed by atoms with Gasteiger partial charge >= 0.3 is 0 Å². The predicted octanol–water partition coefficient (Wildman–Crippen LogP) is 4.29. The molecule has 26 heavy (non-hydrogen) atoms. The highest BCUT2D eigenvalue weighted by atomic mass is 32.2. The molecule has 0 atom stereocenters. The number of benzene rings is 1. The molecular formula is C19H23N5S2. The van der Waals surface area contributed by atoms with Crippen LogP contribution in [0.3, 0.4) is 0 Å². The minimum absolute atomic E-state index is 0.759. The Kier molecular flexibility index (Phi) is 7.98. The third kappa shape index (κ3) is 5.79. The fourth-order valence-electron chi connectivity index (χ4n) is 2.31. The van der Waals surface area contributed by atoms with Crippen LogP contribution in [-0.4, -0.2) is 35.2 Å². The van der Waals surface area contributed by atoms with Crippen LogP contribution < -0.4 is 16.4 Å². The van der Waals surface area contributed by atoms with Gasteiger partial charge in [-0.05, 0) is 42.7 Å². The second-order valence-electron chi connectivity index (χ2n) is 5.43. The lowest BCUT2D eigenvalue weighted by atomic mass is 10.2. The van der Waals surface area contributed by atoms with Crippen molar-refractivity contribution in [2.75, 3.05) is 30.5 Å². The Morgan fingerprint density at radius 1 is 1.23 bits per heavy atom. The number of hydrogen-bond donors (Lipinski definition) is 3. The molecule has 0 amide bonds. The topological polar surface area (TPSA) is 66.2 Å². The van der Waals surface area contributed by atoms with Crippen molar-refractivity contribution in [1.82, 2.24) is 9.88 Å². The first-order valence-corrected chi connectivity index (χ1v) is 9.73. The lowest BCUT2D eigenvalue weighted by Crippen LogP contribution is -2.10. The van der Waals surface area contributed by atoms with Crippen LogP contribution in [-0.2, 0) is 0 Å². The highest BCUT2D eigenvalue weighted by Gasteiger charge is 2.07. The largest absolute Gasteiger partial charge is 0.403 e. The van der Waals surface area contributed by atoms with E-state index >= 15 is 0 Å². The van der Waals surface area contributed by atoms with E-state index in [1.807, 2.05) is 60.8 Å². The molecule has 0 aliphatic rings. The minimum atomic E-state index is 0.759. The van der Waals surface area contributed by atoms with Crippen LogP contribution in [0.25, 0.3) is 6.08 Å². The lowest BCUT2D eigenvalue weighted by Gasteiger charge is -2.13. The van der Waals surface area contributed by atoms with Crippen molar-refractivity contribution in [3.05, 3.63) is 60.7 Å². The monoisotopic (exact) mass is 385 g/mol. The molecule has 0 saturated heterocycles. The molecule has 0 saturated carbocycles. The normalized spacial score (nSPS) is 11.0. The van der Waals surface area contributed by atoms with Crippen LogP contribution in [0.15, 0.2) is 59.9 Å². The molecule has 0 bridgehead atoms. The molecule has 1 aromatic carbocycles. The Labute approximate surface area is 164 Å². The van der Waals surface area contributed by atoms with Gasteiger partial charge in [-0.15, -0.1) is 11.8 Å². The fraction of sp³-hybridized carbons (Fsp3) is 0.158. The Hall–Kier alpha value is -2.51. The van der Waals surface area contributed by atoms with E-state index in [9.17, 15) is 0 Å². The number of likely N-dealkylation sites (N-methyl/N-ethyl adjacent to an activating group) is 1. The molecule has 2 rings (SSSR count). The van der Waals surface area contributed by atoms with Gasteiger partial charge < -0.3 is 21.3 Å². The van der Waals surface area contributed by atoms with Crippen molar-refractivity contribution in [2.24, 2.45) is 5.73 Å². The van der Waals surface area contributed by atoms with E-state index in [2.05, 4.69) is 27.9 Å². The zero-order valence-electron chi connectivity index (χ0n) is 14.8. The second-order valence-corrected chi connectivity index (χ2v) is 6.48. The number of aromatic nitrogens is 1. The molecule has 0 aliphatic carbocycles. The number of thiocarbonyl (C=S) groups is 1. The van der Waals surface area contributed by atoms with Gasteiger partial charge in [0.05, 0.1) is 21.8 Å². The van der Waals surface area contributed by atoms with Gasteiger partial charge in [-0.2, -0.15) is 0 Å². The van der Waals surface area contributed by atoms with E-state index in [1.165, 1.54) is 11.7 Å². The molecule has 0 spiro atoms. The Morgan fingerprint density at radius 2 is 1.96 bits per heavy atom. The predicted molar refractivity (Wildman–Crippen MR) is 118 cm³/mol. The number of anilines is 3. The molecule has 2 aromatic rings. The third-order valence-corrected chi connectivity index (χ3v) is 4.49. The zero-order chi connectivity index (χ0) is 18.8. The summed E-state index contributed by atoms with van der Waals surface area (Å²) in [5.41, 5.74) is 10.8. The van der Waals surface area contributed by atoms with Crippen molar-refractivity contribution < 1.29 is 0 Å². The molecule has 7 heteroatoms. The van der Waals surface area contributed by atoms with E-state index in [0.717, 1.165) is 34.2 Å². The first kappa shape index (κ1) is 19.8. The summed E-state index contributed by atoms with van der Waals surface area (Å²) in [6.07, 6.45) is 11.3. The molecule has 1 heterocycles. The molecule has 0 unspecified atom stereocenters. The number of thioether (sulfide) groups is 1. The number of nitrogens with one attached hydrogen (secondary N) is 2. The molecule has 5 nitrogen and oxygen atoms in total. The SMILES string of the molecule is CSc1c(Nc2ccc(NC=S)cc2)ccnc1/C=C/CN(C)/C=C\N. The van der Waals surface area contributed by atoms with Crippen LogP contribution >= 0.6 is 24.0 Å². The zero-order valence-corrected chi connectivity index (χ0v) is 16.5. The minimum Gasteiger partial charge on any atom is -0.403 e. The van der Waals surface area contributed by atoms with E-state index in [1.54, 1.807) is 11.8 Å². The number of hydrogen-bond acceptors (Lipinski definition) is 6. The molecule has 1 aromatic heterocycles. The molecular weight excluding hydrogens is 362 g/mol. The van der Waals surface area contributed by atoms with Gasteiger partial charge in [0.25, 0.3) is 0 Å². The summed E-state index contributed by atoms with van der Waals surface area (Å²) in [5.74, 6) is 0. The van der Waals surface area contributed by atoms with Gasteiger partial charge in [-0.3, -0.25) is 4.98 Å². The summed E-state index contributed by atoms with van der Waals surface area (Å²) in [7, 11) is 1.97. The van der Waals surface area contributed by atoms with Crippen molar-refractivity contribution in [3.63, 3.8) is 0 Å². The summed E-state index contributed by atoms with van der Waals surface area (Å²) < 4.78 is 0. The van der Waals surface area contributed by atoms with Crippen LogP contribution in [0, 0.1) is 0 Å². The van der Waals surface area contributed by atoms with E-state index in [-0.39, 0.29) is 0 Å². The molecule has 4 N–H and O–H groups in total. The summed E-state index contributed by atoms with van der Waals surface area (Å²) in [4.78, 5) is 7.59. The van der Waals surface area contributed by atoms with Crippen LogP contribution in [0.5, 0.6) is 0 Å². The van der Waals surface area contributed by atoms with Gasteiger partial charge in [0, 0.05) is 43.6 Å². The number of pyridine rings is 1. The van der Waals surface area contributed by atoms with Gasteiger partial charge in [0.1, 0.15) is 0 Å². The number of rotatable bonds is 9. The van der Waals surface area contributed by atoms with Gasteiger partial charge in [-0.1, -0.05) is 18.3 Å². The molecule has 0 radical (unpaired) electrons. The first-order valence-electron chi connectivity index (χ1n) is 8.03. The quantitative estimate of drug-likeness (QED) is 0.439.